The van der Waals surface area contributed by atoms with Crippen LogP contribution in [0.3, 0.4) is 0 Å². The summed E-state index contributed by atoms with van der Waals surface area (Å²) in [7, 11) is 0. The predicted octanol–water partition coefficient (Wildman–Crippen LogP) is 3.73. The number of carbonyl (C=O) groups is 1. The van der Waals surface area contributed by atoms with Crippen LogP contribution in [-0.4, -0.2) is 12.5 Å². The fourth-order valence-corrected chi connectivity index (χ4v) is 2.28. The van der Waals surface area contributed by atoms with E-state index in [4.69, 9.17) is 5.73 Å². The van der Waals surface area contributed by atoms with Gasteiger partial charge in [-0.05, 0) is 37.0 Å². The number of benzene rings is 1. The number of carbonyl (C=O) groups excluding carboxylic acids is 1. The maximum Gasteiger partial charge on any atom is 0.228 e. The smallest absolute Gasteiger partial charge is 0.228 e. The van der Waals surface area contributed by atoms with Crippen molar-refractivity contribution in [1.29, 1.82) is 0 Å². The maximum atomic E-state index is 12.0. The van der Waals surface area contributed by atoms with E-state index in [1.54, 1.807) is 0 Å². The zero-order valence-corrected chi connectivity index (χ0v) is 12.8. The van der Waals surface area contributed by atoms with Crippen LogP contribution in [0.15, 0.2) is 24.3 Å². The summed E-state index contributed by atoms with van der Waals surface area (Å²) in [6.07, 6.45) is 6.68. The molecule has 1 aromatic rings. The average molecular weight is 276 g/mol. The molecule has 3 heteroatoms. The van der Waals surface area contributed by atoms with Gasteiger partial charge in [-0.2, -0.15) is 0 Å². The molecule has 1 aromatic carbocycles. The van der Waals surface area contributed by atoms with E-state index in [2.05, 4.69) is 31.3 Å². The van der Waals surface area contributed by atoms with Crippen LogP contribution < -0.4 is 11.1 Å². The van der Waals surface area contributed by atoms with E-state index >= 15 is 0 Å². The highest BCUT2D eigenvalue weighted by Crippen LogP contribution is 2.14. The Labute approximate surface area is 122 Å². The number of nitrogens with two attached hydrogens (primary N) is 1. The number of anilines is 1. The van der Waals surface area contributed by atoms with Crippen molar-refractivity contribution in [1.82, 2.24) is 0 Å². The molecule has 0 spiro atoms. The standard InChI is InChI=1S/C17H28N2O/c1-3-5-6-8-14-9-11-16(12-10-14)19-17(20)15(13-18)7-4-2/h9-12,15H,3-8,13,18H2,1-2H3,(H,19,20). The van der Waals surface area contributed by atoms with Crippen molar-refractivity contribution in [3.63, 3.8) is 0 Å². The summed E-state index contributed by atoms with van der Waals surface area (Å²) in [5, 5.41) is 2.95. The topological polar surface area (TPSA) is 55.1 Å². The predicted molar refractivity (Wildman–Crippen MR) is 85.8 cm³/mol. The Balaban J connectivity index is 2.49. The third kappa shape index (κ3) is 5.74. The van der Waals surface area contributed by atoms with Gasteiger partial charge in [0.1, 0.15) is 0 Å². The number of unbranched alkanes of at least 4 members (excludes halogenated alkanes) is 2. The van der Waals surface area contributed by atoms with Gasteiger partial charge in [0.05, 0.1) is 5.92 Å². The molecule has 1 unspecified atom stereocenters. The molecule has 0 radical (unpaired) electrons. The lowest BCUT2D eigenvalue weighted by atomic mass is 10.0. The van der Waals surface area contributed by atoms with Crippen LogP contribution in [0.25, 0.3) is 0 Å². The second-order valence-corrected chi connectivity index (χ2v) is 5.36. The summed E-state index contributed by atoms with van der Waals surface area (Å²) in [6.45, 7) is 4.69. The van der Waals surface area contributed by atoms with Crippen molar-refractivity contribution < 1.29 is 4.79 Å². The molecule has 1 amide bonds. The molecule has 0 heterocycles. The lowest BCUT2D eigenvalue weighted by Crippen LogP contribution is -2.29. The van der Waals surface area contributed by atoms with Crippen LogP contribution in [0.5, 0.6) is 0 Å². The minimum atomic E-state index is -0.0794. The molecule has 0 saturated carbocycles. The summed E-state index contributed by atoms with van der Waals surface area (Å²) in [5.74, 6) is -0.0442. The van der Waals surface area contributed by atoms with Crippen molar-refractivity contribution in [3.05, 3.63) is 29.8 Å². The number of hydrogen-bond donors (Lipinski definition) is 2. The van der Waals surface area contributed by atoms with Crippen molar-refractivity contribution in [3.8, 4) is 0 Å². The fraction of sp³-hybridized carbons (Fsp3) is 0.588. The fourth-order valence-electron chi connectivity index (χ4n) is 2.28. The van der Waals surface area contributed by atoms with Crippen LogP contribution in [0.2, 0.25) is 0 Å². The molecule has 112 valence electrons. The number of rotatable bonds is 9. The van der Waals surface area contributed by atoms with E-state index in [0.29, 0.717) is 6.54 Å². The molecule has 1 atom stereocenters. The minimum absolute atomic E-state index is 0.0353. The Morgan fingerprint density at radius 1 is 1.15 bits per heavy atom. The quantitative estimate of drug-likeness (QED) is 0.675. The van der Waals surface area contributed by atoms with E-state index in [0.717, 1.165) is 24.9 Å². The molecule has 0 bridgehead atoms. The Bertz CT molecular complexity index is 386. The average Bonchev–Trinajstić information content (AvgIpc) is 2.46. The highest BCUT2D eigenvalue weighted by molar-refractivity contribution is 5.92. The van der Waals surface area contributed by atoms with Crippen LogP contribution in [0.4, 0.5) is 5.69 Å². The van der Waals surface area contributed by atoms with E-state index < -0.39 is 0 Å². The van der Waals surface area contributed by atoms with Gasteiger partial charge in [-0.25, -0.2) is 0 Å². The third-order valence-electron chi connectivity index (χ3n) is 3.58. The van der Waals surface area contributed by atoms with Gasteiger partial charge in [-0.3, -0.25) is 4.79 Å². The van der Waals surface area contributed by atoms with Gasteiger partial charge in [0.2, 0.25) is 5.91 Å². The van der Waals surface area contributed by atoms with E-state index in [-0.39, 0.29) is 11.8 Å². The molecule has 0 aromatic heterocycles. The van der Waals surface area contributed by atoms with Crippen LogP contribution in [0.1, 0.15) is 51.5 Å². The first kappa shape index (κ1) is 16.7. The Morgan fingerprint density at radius 3 is 2.40 bits per heavy atom. The first-order valence-electron chi connectivity index (χ1n) is 7.81. The molecule has 0 fully saturated rings. The molecular weight excluding hydrogens is 248 g/mol. The lowest BCUT2D eigenvalue weighted by Gasteiger charge is -2.14. The van der Waals surface area contributed by atoms with Crippen molar-refractivity contribution in [2.75, 3.05) is 11.9 Å². The minimum Gasteiger partial charge on any atom is -0.330 e. The molecule has 0 aliphatic rings. The van der Waals surface area contributed by atoms with Gasteiger partial charge in [-0.15, -0.1) is 0 Å². The molecule has 1 rings (SSSR count). The second kappa shape index (κ2) is 9.54. The summed E-state index contributed by atoms with van der Waals surface area (Å²) in [6, 6.07) is 8.17. The first-order chi connectivity index (χ1) is 9.71. The Morgan fingerprint density at radius 2 is 1.85 bits per heavy atom. The third-order valence-corrected chi connectivity index (χ3v) is 3.58. The number of hydrogen-bond acceptors (Lipinski definition) is 2. The molecule has 3 nitrogen and oxygen atoms in total. The van der Waals surface area contributed by atoms with Gasteiger partial charge < -0.3 is 11.1 Å². The van der Waals surface area contributed by atoms with Crippen LogP contribution >= 0.6 is 0 Å². The SMILES string of the molecule is CCCCCc1ccc(NC(=O)C(CN)CCC)cc1. The Kier molecular flexibility index (Phi) is 7.97. The maximum absolute atomic E-state index is 12.0. The zero-order chi connectivity index (χ0) is 14.8. The Hall–Kier alpha value is -1.35. The van der Waals surface area contributed by atoms with Crippen LogP contribution in [-0.2, 0) is 11.2 Å². The number of amides is 1. The molecule has 0 aliphatic heterocycles. The normalized spacial score (nSPS) is 12.2. The van der Waals surface area contributed by atoms with Gasteiger partial charge in [0.15, 0.2) is 0 Å². The highest BCUT2D eigenvalue weighted by Gasteiger charge is 2.15. The molecular formula is C17H28N2O. The van der Waals surface area contributed by atoms with Gasteiger partial charge >= 0.3 is 0 Å². The largest absolute Gasteiger partial charge is 0.330 e. The monoisotopic (exact) mass is 276 g/mol. The van der Waals surface area contributed by atoms with E-state index in [1.165, 1.54) is 24.8 Å². The van der Waals surface area contributed by atoms with E-state index in [1.807, 2.05) is 12.1 Å². The first-order valence-corrected chi connectivity index (χ1v) is 7.81. The molecule has 0 saturated heterocycles. The summed E-state index contributed by atoms with van der Waals surface area (Å²) in [5.41, 5.74) is 7.84. The summed E-state index contributed by atoms with van der Waals surface area (Å²) >= 11 is 0. The van der Waals surface area contributed by atoms with Gasteiger partial charge in [0.25, 0.3) is 0 Å². The van der Waals surface area contributed by atoms with Crippen LogP contribution in [0, 0.1) is 5.92 Å². The molecule has 20 heavy (non-hydrogen) atoms. The zero-order valence-electron chi connectivity index (χ0n) is 12.8. The van der Waals surface area contributed by atoms with Crippen molar-refractivity contribution in [2.24, 2.45) is 11.7 Å². The highest BCUT2D eigenvalue weighted by atomic mass is 16.1. The van der Waals surface area contributed by atoms with Gasteiger partial charge in [0, 0.05) is 12.2 Å². The summed E-state index contributed by atoms with van der Waals surface area (Å²) in [4.78, 5) is 12.0. The van der Waals surface area contributed by atoms with Crippen molar-refractivity contribution in [2.45, 2.75) is 52.4 Å². The lowest BCUT2D eigenvalue weighted by molar-refractivity contribution is -0.119. The summed E-state index contributed by atoms with van der Waals surface area (Å²) < 4.78 is 0. The second-order valence-electron chi connectivity index (χ2n) is 5.36. The van der Waals surface area contributed by atoms with Crippen molar-refractivity contribution >= 4 is 11.6 Å². The number of aryl methyl sites for hydroxylation is 1. The molecule has 3 N–H and O–H groups in total. The van der Waals surface area contributed by atoms with E-state index in [9.17, 15) is 4.79 Å². The van der Waals surface area contributed by atoms with Gasteiger partial charge in [-0.1, -0.05) is 45.2 Å². The number of nitrogens with one attached hydrogen (secondary N) is 1. The molecule has 0 aliphatic carbocycles.